The number of halogens is 1. The van der Waals surface area contributed by atoms with Crippen molar-refractivity contribution in [2.45, 2.75) is 12.0 Å². The molecule has 0 radical (unpaired) electrons. The molecular formula is C3H6ClNO2. The van der Waals surface area contributed by atoms with Gasteiger partial charge in [-0.05, 0) is 6.92 Å². The van der Waals surface area contributed by atoms with E-state index in [9.17, 15) is 4.79 Å². The zero-order chi connectivity index (χ0) is 6.08. The second-order valence-electron chi connectivity index (χ2n) is 1.32. The van der Waals surface area contributed by atoms with Gasteiger partial charge in [0.2, 0.25) is 5.06 Å². The first-order valence-electron chi connectivity index (χ1n) is 1.66. The number of carbonyl (C=O) groups excluding carboxylic acids is 1. The lowest BCUT2D eigenvalue weighted by Gasteiger charge is -2.06. The van der Waals surface area contributed by atoms with Crippen LogP contribution in [0.4, 0.5) is 0 Å². The van der Waals surface area contributed by atoms with E-state index < -0.39 is 11.0 Å². The number of hydrogen-bond donors (Lipinski definition) is 2. The number of nitrogens with two attached hydrogens (primary N) is 1. The number of aliphatic hydroxyl groups is 1. The molecule has 0 aliphatic rings. The van der Waals surface area contributed by atoms with E-state index in [2.05, 4.69) is 5.73 Å². The number of carbonyl (C=O) groups is 1. The summed E-state index contributed by atoms with van der Waals surface area (Å²) in [5, 5.41) is 6.50. The lowest BCUT2D eigenvalue weighted by atomic mass is 10.4. The first-order chi connectivity index (χ1) is 2.94. The molecule has 0 fully saturated rings. The van der Waals surface area contributed by atoms with Crippen LogP contribution in [0.25, 0.3) is 0 Å². The summed E-state index contributed by atoms with van der Waals surface area (Å²) in [5.41, 5.74) is 4.55. The van der Waals surface area contributed by atoms with Gasteiger partial charge >= 0.3 is 0 Å². The Kier molecular flexibility index (Phi) is 1.61. The predicted molar refractivity (Wildman–Crippen MR) is 25.7 cm³/mol. The van der Waals surface area contributed by atoms with Crippen LogP contribution in [0.1, 0.15) is 6.92 Å². The largest absolute Gasteiger partial charge is 0.367 e. The van der Waals surface area contributed by atoms with Crippen LogP contribution in [-0.4, -0.2) is 16.1 Å². The Labute approximate surface area is 46.1 Å². The van der Waals surface area contributed by atoms with Gasteiger partial charge in [-0.15, -0.1) is 0 Å². The van der Waals surface area contributed by atoms with Crippen LogP contribution >= 0.6 is 11.6 Å². The highest BCUT2D eigenvalue weighted by molar-refractivity contribution is 6.32. The summed E-state index contributed by atoms with van der Waals surface area (Å²) in [7, 11) is 0. The molecule has 1 unspecified atom stereocenters. The number of alkyl halides is 1. The molecule has 0 rings (SSSR count). The molecule has 0 aromatic carbocycles. The van der Waals surface area contributed by atoms with Crippen molar-refractivity contribution in [2.75, 3.05) is 0 Å². The fourth-order valence-electron chi connectivity index (χ4n) is 0. The molecule has 42 valence electrons. The van der Waals surface area contributed by atoms with Gasteiger partial charge < -0.3 is 10.8 Å². The minimum absolute atomic E-state index is 0.936. The lowest BCUT2D eigenvalue weighted by molar-refractivity contribution is -0.127. The van der Waals surface area contributed by atoms with Gasteiger partial charge in [0.25, 0.3) is 5.91 Å². The summed E-state index contributed by atoms with van der Waals surface area (Å²) in [6, 6.07) is 0. The second kappa shape index (κ2) is 1.68. The van der Waals surface area contributed by atoms with Gasteiger partial charge in [0.05, 0.1) is 0 Å². The van der Waals surface area contributed by atoms with E-state index in [0.717, 1.165) is 6.92 Å². The summed E-state index contributed by atoms with van der Waals surface area (Å²) in [5.74, 6) is -0.936. The van der Waals surface area contributed by atoms with Crippen LogP contribution in [0.2, 0.25) is 0 Å². The third-order valence-corrected chi connectivity index (χ3v) is 0.636. The van der Waals surface area contributed by atoms with E-state index in [0.29, 0.717) is 0 Å². The van der Waals surface area contributed by atoms with E-state index in [4.69, 9.17) is 16.7 Å². The van der Waals surface area contributed by atoms with Gasteiger partial charge in [0.1, 0.15) is 0 Å². The Balaban J connectivity index is 3.79. The fraction of sp³-hybridized carbons (Fsp3) is 0.667. The molecule has 7 heavy (non-hydrogen) atoms. The molecule has 0 spiro atoms. The average Bonchev–Trinajstić information content (AvgIpc) is 1.31. The van der Waals surface area contributed by atoms with Crippen molar-refractivity contribution < 1.29 is 9.90 Å². The molecule has 0 saturated carbocycles. The highest BCUT2D eigenvalue weighted by Gasteiger charge is 2.22. The molecule has 1 amide bonds. The highest BCUT2D eigenvalue weighted by atomic mass is 35.5. The standard InChI is InChI=1S/C3H6ClNO2/c1-3(4,7)2(5)6/h7H,1H3,(H2,5,6). The molecule has 0 aliphatic carbocycles. The van der Waals surface area contributed by atoms with Crippen LogP contribution in [0.5, 0.6) is 0 Å². The zero-order valence-corrected chi connectivity index (χ0v) is 4.57. The Bertz CT molecular complexity index is 85.4. The van der Waals surface area contributed by atoms with Gasteiger partial charge in [0.15, 0.2) is 0 Å². The minimum atomic E-state index is -1.89. The Morgan fingerprint density at radius 2 is 2.14 bits per heavy atom. The topological polar surface area (TPSA) is 63.3 Å². The Morgan fingerprint density at radius 3 is 2.14 bits per heavy atom. The summed E-state index contributed by atoms with van der Waals surface area (Å²) < 4.78 is 0. The van der Waals surface area contributed by atoms with Crippen LogP contribution in [0.15, 0.2) is 0 Å². The van der Waals surface area contributed by atoms with E-state index in [-0.39, 0.29) is 0 Å². The van der Waals surface area contributed by atoms with Gasteiger partial charge in [-0.3, -0.25) is 4.79 Å². The maximum atomic E-state index is 9.86. The predicted octanol–water partition coefficient (Wildman–Crippen LogP) is -0.581. The first-order valence-corrected chi connectivity index (χ1v) is 2.03. The van der Waals surface area contributed by atoms with Crippen molar-refractivity contribution >= 4 is 17.5 Å². The quantitative estimate of drug-likeness (QED) is 0.458. The maximum absolute atomic E-state index is 9.86. The number of amides is 1. The SMILES string of the molecule is CC(O)(Cl)C(N)=O. The van der Waals surface area contributed by atoms with Crippen molar-refractivity contribution in [3.8, 4) is 0 Å². The summed E-state index contributed by atoms with van der Waals surface area (Å²) in [6.07, 6.45) is 0. The molecule has 4 heteroatoms. The second-order valence-corrected chi connectivity index (χ2v) is 2.05. The van der Waals surface area contributed by atoms with Crippen LogP contribution in [0.3, 0.4) is 0 Å². The Morgan fingerprint density at radius 1 is 2.00 bits per heavy atom. The molecule has 0 aromatic heterocycles. The zero-order valence-electron chi connectivity index (χ0n) is 3.81. The van der Waals surface area contributed by atoms with Crippen molar-refractivity contribution in [1.82, 2.24) is 0 Å². The number of primary amides is 1. The molecule has 0 heterocycles. The summed E-state index contributed by atoms with van der Waals surface area (Å²) in [4.78, 5) is 9.86. The van der Waals surface area contributed by atoms with Gasteiger partial charge in [-0.1, -0.05) is 11.6 Å². The molecule has 3 nitrogen and oxygen atoms in total. The maximum Gasteiger partial charge on any atom is 0.264 e. The molecule has 0 aliphatic heterocycles. The summed E-state index contributed by atoms with van der Waals surface area (Å²) in [6.45, 7) is 1.11. The lowest BCUT2D eigenvalue weighted by Crippen LogP contribution is -2.34. The molecular weight excluding hydrogens is 117 g/mol. The van der Waals surface area contributed by atoms with Gasteiger partial charge in [-0.25, -0.2) is 0 Å². The van der Waals surface area contributed by atoms with Crippen LogP contribution in [-0.2, 0) is 4.79 Å². The molecule has 0 aromatic rings. The van der Waals surface area contributed by atoms with Crippen LogP contribution in [0, 0.1) is 0 Å². The number of rotatable bonds is 1. The minimum Gasteiger partial charge on any atom is -0.367 e. The van der Waals surface area contributed by atoms with Crippen molar-refractivity contribution in [3.05, 3.63) is 0 Å². The molecule has 3 N–H and O–H groups in total. The van der Waals surface area contributed by atoms with Crippen molar-refractivity contribution in [3.63, 3.8) is 0 Å². The van der Waals surface area contributed by atoms with Crippen LogP contribution < -0.4 is 5.73 Å². The molecule has 1 atom stereocenters. The fourth-order valence-corrected chi connectivity index (χ4v) is 0. The third-order valence-electron chi connectivity index (χ3n) is 0.450. The van der Waals surface area contributed by atoms with Crippen molar-refractivity contribution in [1.29, 1.82) is 0 Å². The molecule has 0 bridgehead atoms. The molecule has 0 saturated heterocycles. The van der Waals surface area contributed by atoms with E-state index >= 15 is 0 Å². The van der Waals surface area contributed by atoms with Gasteiger partial charge in [0, 0.05) is 0 Å². The van der Waals surface area contributed by atoms with Gasteiger partial charge in [-0.2, -0.15) is 0 Å². The van der Waals surface area contributed by atoms with E-state index in [1.54, 1.807) is 0 Å². The third kappa shape index (κ3) is 2.42. The smallest absolute Gasteiger partial charge is 0.264 e. The average molecular weight is 124 g/mol. The normalized spacial score (nSPS) is 18.1. The number of hydrogen-bond acceptors (Lipinski definition) is 2. The van der Waals surface area contributed by atoms with Crippen molar-refractivity contribution in [2.24, 2.45) is 5.73 Å². The first kappa shape index (κ1) is 6.72. The van der Waals surface area contributed by atoms with E-state index in [1.807, 2.05) is 0 Å². The Hall–Kier alpha value is -0.280. The monoisotopic (exact) mass is 123 g/mol. The van der Waals surface area contributed by atoms with E-state index in [1.165, 1.54) is 0 Å². The highest BCUT2D eigenvalue weighted by Crippen LogP contribution is 2.05. The summed E-state index contributed by atoms with van der Waals surface area (Å²) >= 11 is 4.95.